The highest BCUT2D eigenvalue weighted by Crippen LogP contribution is 2.71. The van der Waals surface area contributed by atoms with Crippen molar-refractivity contribution in [3.8, 4) is 6.07 Å². The number of hydrogen-bond donors (Lipinski definition) is 1. The van der Waals surface area contributed by atoms with E-state index >= 15 is 0 Å². The third kappa shape index (κ3) is 4.86. The van der Waals surface area contributed by atoms with Gasteiger partial charge in [0.2, 0.25) is 10.0 Å². The van der Waals surface area contributed by atoms with Crippen LogP contribution in [0.1, 0.15) is 113 Å². The summed E-state index contributed by atoms with van der Waals surface area (Å²) >= 11 is 0. The van der Waals surface area contributed by atoms with Crippen molar-refractivity contribution in [3.05, 3.63) is 11.6 Å². The molecule has 7 atom stereocenters. The van der Waals surface area contributed by atoms with Gasteiger partial charge in [-0.25, -0.2) is 13.1 Å². The Morgan fingerprint density at radius 2 is 1.64 bits per heavy atom. The predicted molar refractivity (Wildman–Crippen MR) is 154 cm³/mol. The summed E-state index contributed by atoms with van der Waals surface area (Å²) in [5.41, 5.74) is -1.49. The highest BCUT2D eigenvalue weighted by Gasteiger charge is 2.66. The molecule has 0 amide bonds. The number of nitrogens with one attached hydrogen (secondary N) is 1. The zero-order valence-electron chi connectivity index (χ0n) is 25.7. The topological polar surface area (TPSA) is 104 Å². The van der Waals surface area contributed by atoms with E-state index in [1.54, 1.807) is 6.92 Å². The summed E-state index contributed by atoms with van der Waals surface area (Å²) in [5.74, 6) is 0.307. The van der Waals surface area contributed by atoms with E-state index in [9.17, 15) is 23.3 Å². The third-order valence-corrected chi connectivity index (χ3v) is 13.2. The second-order valence-corrected chi connectivity index (χ2v) is 17.7. The van der Waals surface area contributed by atoms with Gasteiger partial charge in [0.15, 0.2) is 5.78 Å². The number of nitrogens with zero attached hydrogens (tertiary/aromatic N) is 1. The van der Waals surface area contributed by atoms with Gasteiger partial charge >= 0.3 is 0 Å². The third-order valence-electron chi connectivity index (χ3n) is 12.4. The highest BCUT2D eigenvalue weighted by molar-refractivity contribution is 7.88. The van der Waals surface area contributed by atoms with Crippen molar-refractivity contribution < 1.29 is 18.0 Å². The number of carbonyl (C=O) groups is 2. The molecule has 6 nitrogen and oxygen atoms in total. The van der Waals surface area contributed by atoms with Crippen molar-refractivity contribution >= 4 is 21.6 Å². The predicted octanol–water partition coefficient (Wildman–Crippen LogP) is 6.37. The van der Waals surface area contributed by atoms with E-state index in [1.165, 1.54) is 6.26 Å². The van der Waals surface area contributed by atoms with Crippen LogP contribution in [0, 0.1) is 56.2 Å². The van der Waals surface area contributed by atoms with Gasteiger partial charge in [0, 0.05) is 17.4 Å². The number of hydrogen-bond acceptors (Lipinski definition) is 5. The number of allylic oxidation sites excluding steroid dienone is 2. The smallest absolute Gasteiger partial charge is 0.209 e. The minimum Gasteiger partial charge on any atom is -0.300 e. The van der Waals surface area contributed by atoms with Crippen LogP contribution in [0.2, 0.25) is 0 Å². The molecule has 0 heterocycles. The second-order valence-electron chi connectivity index (χ2n) is 15.9. The number of carbonyl (C=O) groups excluding carboxylic acids is 2. The SMILES string of the molecule is CC(=O)C[C@@H]1[C@@]2(C)C=C(C#N)C(=O)C(C)(C)[C@@H]2CC[C@@]1(C)[C@]1(C)CC[C@@]2(NS(C)(=O)=O)CCC(C)(C)CC2C1. The van der Waals surface area contributed by atoms with E-state index in [2.05, 4.69) is 45.4 Å². The maximum absolute atomic E-state index is 13.3. The molecule has 0 bridgehead atoms. The fourth-order valence-electron chi connectivity index (χ4n) is 10.2. The molecule has 39 heavy (non-hydrogen) atoms. The zero-order valence-corrected chi connectivity index (χ0v) is 26.5. The van der Waals surface area contributed by atoms with Crippen molar-refractivity contribution in [2.45, 2.75) is 119 Å². The van der Waals surface area contributed by atoms with Gasteiger partial charge in [0.25, 0.3) is 0 Å². The van der Waals surface area contributed by atoms with Gasteiger partial charge < -0.3 is 4.79 Å². The lowest BCUT2D eigenvalue weighted by atomic mass is 9.37. The quantitative estimate of drug-likeness (QED) is 0.422. The summed E-state index contributed by atoms with van der Waals surface area (Å²) in [6.07, 6.45) is 10.8. The Morgan fingerprint density at radius 1 is 1.03 bits per heavy atom. The van der Waals surface area contributed by atoms with Crippen LogP contribution in [0.25, 0.3) is 0 Å². The Kier molecular flexibility index (Phi) is 7.22. The number of Topliss-reactive ketones (excluding diaryl/α,β-unsaturated/α-hetero) is 2. The normalized spacial score (nSPS) is 43.4. The molecule has 0 aromatic rings. The minimum atomic E-state index is -3.36. The first kappa shape index (κ1) is 30.4. The Morgan fingerprint density at radius 3 is 2.21 bits per heavy atom. The van der Waals surface area contributed by atoms with Gasteiger partial charge in [-0.15, -0.1) is 0 Å². The molecule has 0 aromatic carbocycles. The first-order valence-corrected chi connectivity index (χ1v) is 16.7. The van der Waals surface area contributed by atoms with Crippen molar-refractivity contribution in [2.24, 2.45) is 44.8 Å². The van der Waals surface area contributed by atoms with Crippen LogP contribution >= 0.6 is 0 Å². The first-order chi connectivity index (χ1) is 17.6. The van der Waals surface area contributed by atoms with Crippen LogP contribution in [0.15, 0.2) is 11.6 Å². The first-order valence-electron chi connectivity index (χ1n) is 14.8. The minimum absolute atomic E-state index is 0.0195. The lowest BCUT2D eigenvalue weighted by molar-refractivity contribution is -0.170. The molecule has 0 aliphatic heterocycles. The number of fused-ring (bicyclic) bond motifs is 2. The maximum Gasteiger partial charge on any atom is 0.209 e. The van der Waals surface area contributed by atoms with Crippen LogP contribution in [0.4, 0.5) is 0 Å². The standard InChI is InChI=1S/C32H50N2O4S/c1-21(35)16-25-30(7)17-22(20-33)26(36)28(4,5)24(30)10-11-31(25,8)29(6)13-15-32(34-39(9,37)38)14-12-27(2,3)18-23(32)19-29/h17,23-25,34H,10-16,18-19H2,1-9H3/t23?,24-,25+,29+,30-,31+,32-/m0/s1. The lowest BCUT2D eigenvalue weighted by Gasteiger charge is -2.67. The van der Waals surface area contributed by atoms with E-state index in [0.717, 1.165) is 51.4 Å². The molecule has 4 rings (SSSR count). The van der Waals surface area contributed by atoms with Crippen LogP contribution in [0.5, 0.6) is 0 Å². The number of ketones is 2. The van der Waals surface area contributed by atoms with E-state index in [1.807, 2.05) is 19.9 Å². The van der Waals surface area contributed by atoms with E-state index in [4.69, 9.17) is 0 Å². The monoisotopic (exact) mass is 558 g/mol. The summed E-state index contributed by atoms with van der Waals surface area (Å²) in [6, 6.07) is 2.19. The summed E-state index contributed by atoms with van der Waals surface area (Å²) in [7, 11) is -3.36. The molecule has 4 aliphatic carbocycles. The maximum atomic E-state index is 13.3. The van der Waals surface area contributed by atoms with Crippen LogP contribution in [-0.4, -0.2) is 31.8 Å². The molecule has 3 fully saturated rings. The van der Waals surface area contributed by atoms with Gasteiger partial charge in [-0.2, -0.15) is 5.26 Å². The molecule has 0 spiro atoms. The van der Waals surface area contributed by atoms with Crippen LogP contribution in [-0.2, 0) is 19.6 Å². The Balaban J connectivity index is 1.82. The Labute approximate surface area is 236 Å². The van der Waals surface area contributed by atoms with E-state index < -0.39 is 26.4 Å². The van der Waals surface area contributed by atoms with Gasteiger partial charge in [0.05, 0.1) is 11.8 Å². The van der Waals surface area contributed by atoms with Gasteiger partial charge in [-0.1, -0.05) is 54.5 Å². The summed E-state index contributed by atoms with van der Waals surface area (Å²) in [6.45, 7) is 17.1. The highest BCUT2D eigenvalue weighted by atomic mass is 32.2. The molecular formula is C32H50N2O4S. The molecule has 0 saturated heterocycles. The molecule has 3 saturated carbocycles. The summed E-state index contributed by atoms with van der Waals surface area (Å²) in [4.78, 5) is 26.2. The molecule has 0 radical (unpaired) electrons. The molecule has 1 unspecified atom stereocenters. The molecule has 1 N–H and O–H groups in total. The van der Waals surface area contributed by atoms with Crippen molar-refractivity contribution in [2.75, 3.05) is 6.26 Å². The van der Waals surface area contributed by atoms with Crippen molar-refractivity contribution in [3.63, 3.8) is 0 Å². The molecular weight excluding hydrogens is 508 g/mol. The fourth-order valence-corrected chi connectivity index (χ4v) is 11.3. The van der Waals surface area contributed by atoms with Gasteiger partial charge in [-0.05, 0) is 97.7 Å². The lowest BCUT2D eigenvalue weighted by Crippen LogP contribution is -2.65. The van der Waals surface area contributed by atoms with E-state index in [-0.39, 0.29) is 51.1 Å². The van der Waals surface area contributed by atoms with E-state index in [0.29, 0.717) is 6.42 Å². The number of nitriles is 1. The second kappa shape index (κ2) is 9.24. The zero-order chi connectivity index (χ0) is 29.4. The Bertz CT molecular complexity index is 1240. The largest absolute Gasteiger partial charge is 0.300 e. The molecule has 4 aliphatic rings. The molecule has 0 aromatic heterocycles. The molecule has 7 heteroatoms. The average molecular weight is 559 g/mol. The summed E-state index contributed by atoms with van der Waals surface area (Å²) in [5, 5.41) is 9.93. The summed E-state index contributed by atoms with van der Waals surface area (Å²) < 4.78 is 28.2. The Hall–Kier alpha value is -1.52. The van der Waals surface area contributed by atoms with Gasteiger partial charge in [-0.3, -0.25) is 4.79 Å². The van der Waals surface area contributed by atoms with Crippen LogP contribution < -0.4 is 4.72 Å². The van der Waals surface area contributed by atoms with Crippen molar-refractivity contribution in [1.29, 1.82) is 5.26 Å². The van der Waals surface area contributed by atoms with Gasteiger partial charge in [0.1, 0.15) is 11.9 Å². The van der Waals surface area contributed by atoms with Crippen LogP contribution in [0.3, 0.4) is 0 Å². The number of rotatable bonds is 5. The molecule has 218 valence electrons. The average Bonchev–Trinajstić information content (AvgIpc) is 2.78. The fraction of sp³-hybridized carbons (Fsp3) is 0.844. The number of sulfonamides is 1. The van der Waals surface area contributed by atoms with Crippen molar-refractivity contribution in [1.82, 2.24) is 4.72 Å².